The minimum atomic E-state index is -1.14. The molecular formula is C10H12FN3O3. The van der Waals surface area contributed by atoms with E-state index >= 15 is 0 Å². The number of anilines is 1. The SMILES string of the molecule is O=C(O)c1nccnc1N1CCOC(CF)C1. The van der Waals surface area contributed by atoms with Gasteiger partial charge in [0.25, 0.3) is 0 Å². The summed E-state index contributed by atoms with van der Waals surface area (Å²) in [5.41, 5.74) is -0.119. The van der Waals surface area contributed by atoms with Crippen LogP contribution in [-0.2, 0) is 4.74 Å². The average molecular weight is 241 g/mol. The summed E-state index contributed by atoms with van der Waals surface area (Å²) >= 11 is 0. The molecule has 1 aliphatic heterocycles. The van der Waals surface area contributed by atoms with Gasteiger partial charge in [-0.1, -0.05) is 0 Å². The number of carboxylic acids is 1. The van der Waals surface area contributed by atoms with Gasteiger partial charge in [-0.3, -0.25) is 0 Å². The van der Waals surface area contributed by atoms with Crippen LogP contribution in [0.1, 0.15) is 10.5 Å². The van der Waals surface area contributed by atoms with E-state index in [0.29, 0.717) is 13.2 Å². The number of carboxylic acid groups (broad SMARTS) is 1. The Kier molecular flexibility index (Phi) is 3.48. The highest BCUT2D eigenvalue weighted by Crippen LogP contribution is 2.18. The number of carbonyl (C=O) groups is 1. The summed E-state index contributed by atoms with van der Waals surface area (Å²) in [6.45, 7) is 0.522. The maximum absolute atomic E-state index is 12.5. The Morgan fingerprint density at radius 2 is 2.35 bits per heavy atom. The first-order valence-electron chi connectivity index (χ1n) is 5.19. The maximum Gasteiger partial charge on any atom is 0.358 e. The minimum Gasteiger partial charge on any atom is -0.476 e. The smallest absolute Gasteiger partial charge is 0.358 e. The number of rotatable bonds is 3. The Morgan fingerprint density at radius 1 is 1.59 bits per heavy atom. The molecule has 1 aromatic heterocycles. The molecule has 0 amide bonds. The van der Waals surface area contributed by atoms with Crippen molar-refractivity contribution in [2.24, 2.45) is 0 Å². The first kappa shape index (κ1) is 11.7. The van der Waals surface area contributed by atoms with Gasteiger partial charge in [-0.25, -0.2) is 19.2 Å². The Hall–Kier alpha value is -1.76. The largest absolute Gasteiger partial charge is 0.476 e. The molecule has 1 aromatic rings. The van der Waals surface area contributed by atoms with E-state index in [0.717, 1.165) is 0 Å². The van der Waals surface area contributed by atoms with Gasteiger partial charge >= 0.3 is 5.97 Å². The van der Waals surface area contributed by atoms with Crippen LogP contribution in [0.2, 0.25) is 0 Å². The molecule has 6 nitrogen and oxygen atoms in total. The Balaban J connectivity index is 2.24. The molecule has 1 unspecified atom stereocenters. The summed E-state index contributed by atoms with van der Waals surface area (Å²) in [4.78, 5) is 20.4. The van der Waals surface area contributed by atoms with Crippen LogP contribution in [0.25, 0.3) is 0 Å². The van der Waals surface area contributed by atoms with Crippen LogP contribution in [0.4, 0.5) is 10.2 Å². The molecule has 1 fully saturated rings. The van der Waals surface area contributed by atoms with E-state index < -0.39 is 18.7 Å². The number of hydrogen-bond donors (Lipinski definition) is 1. The van der Waals surface area contributed by atoms with Crippen LogP contribution >= 0.6 is 0 Å². The molecule has 1 atom stereocenters. The summed E-state index contributed by atoms with van der Waals surface area (Å²) in [6.07, 6.45) is 2.20. The number of alkyl halides is 1. The zero-order chi connectivity index (χ0) is 12.3. The third-order valence-corrected chi connectivity index (χ3v) is 2.49. The Labute approximate surface area is 97.0 Å². The number of halogens is 1. The third kappa shape index (κ3) is 2.50. The van der Waals surface area contributed by atoms with Crippen LogP contribution in [0.5, 0.6) is 0 Å². The van der Waals surface area contributed by atoms with Crippen molar-refractivity contribution in [3.63, 3.8) is 0 Å². The van der Waals surface area contributed by atoms with Gasteiger partial charge in [-0.2, -0.15) is 0 Å². The van der Waals surface area contributed by atoms with Gasteiger partial charge < -0.3 is 14.7 Å². The fourth-order valence-corrected chi connectivity index (χ4v) is 1.72. The topological polar surface area (TPSA) is 75.5 Å². The van der Waals surface area contributed by atoms with Crippen molar-refractivity contribution in [1.29, 1.82) is 0 Å². The number of hydrogen-bond acceptors (Lipinski definition) is 5. The van der Waals surface area contributed by atoms with E-state index in [2.05, 4.69) is 9.97 Å². The van der Waals surface area contributed by atoms with Gasteiger partial charge in [-0.15, -0.1) is 0 Å². The summed E-state index contributed by atoms with van der Waals surface area (Å²) in [5, 5.41) is 8.98. The van der Waals surface area contributed by atoms with Crippen molar-refractivity contribution in [1.82, 2.24) is 9.97 Å². The van der Waals surface area contributed by atoms with Gasteiger partial charge in [-0.05, 0) is 0 Å². The second kappa shape index (κ2) is 5.05. The van der Waals surface area contributed by atoms with E-state index in [9.17, 15) is 9.18 Å². The lowest BCUT2D eigenvalue weighted by atomic mass is 10.2. The average Bonchev–Trinajstić information content (AvgIpc) is 2.39. The van der Waals surface area contributed by atoms with Crippen LogP contribution in [-0.4, -0.2) is 53.5 Å². The lowest BCUT2D eigenvalue weighted by Crippen LogP contribution is -2.44. The van der Waals surface area contributed by atoms with Crippen LogP contribution in [0.3, 0.4) is 0 Å². The van der Waals surface area contributed by atoms with Gasteiger partial charge in [0.1, 0.15) is 12.8 Å². The van der Waals surface area contributed by atoms with Crippen LogP contribution in [0, 0.1) is 0 Å². The van der Waals surface area contributed by atoms with Crippen LogP contribution in [0.15, 0.2) is 12.4 Å². The van der Waals surface area contributed by atoms with E-state index in [4.69, 9.17) is 9.84 Å². The zero-order valence-electron chi connectivity index (χ0n) is 9.04. The zero-order valence-corrected chi connectivity index (χ0v) is 9.04. The number of aromatic nitrogens is 2. The standard InChI is InChI=1S/C10H12FN3O3/c11-5-7-6-14(3-4-17-7)9-8(10(15)16)12-1-2-13-9/h1-2,7H,3-6H2,(H,15,16). The van der Waals surface area contributed by atoms with E-state index in [1.165, 1.54) is 12.4 Å². The Bertz CT molecular complexity index is 416. The predicted molar refractivity (Wildman–Crippen MR) is 56.9 cm³/mol. The molecule has 2 rings (SSSR count). The number of morpholine rings is 1. The molecular weight excluding hydrogens is 229 g/mol. The lowest BCUT2D eigenvalue weighted by Gasteiger charge is -2.32. The molecule has 92 valence electrons. The predicted octanol–water partition coefficient (Wildman–Crippen LogP) is 0.349. The summed E-state index contributed by atoms with van der Waals surface area (Å²) in [5.74, 6) is -0.877. The van der Waals surface area contributed by atoms with Crippen molar-refractivity contribution in [2.75, 3.05) is 31.3 Å². The molecule has 0 aromatic carbocycles. The third-order valence-electron chi connectivity index (χ3n) is 2.49. The highest BCUT2D eigenvalue weighted by Gasteiger charge is 2.25. The van der Waals surface area contributed by atoms with Gasteiger partial charge in [0.05, 0.1) is 6.61 Å². The minimum absolute atomic E-state index is 0.119. The fourth-order valence-electron chi connectivity index (χ4n) is 1.72. The maximum atomic E-state index is 12.5. The van der Waals surface area contributed by atoms with Crippen molar-refractivity contribution in [3.05, 3.63) is 18.1 Å². The van der Waals surface area contributed by atoms with E-state index in [-0.39, 0.29) is 18.1 Å². The van der Waals surface area contributed by atoms with Gasteiger partial charge in [0.15, 0.2) is 11.5 Å². The normalized spacial score (nSPS) is 20.3. The molecule has 1 aliphatic rings. The molecule has 7 heteroatoms. The molecule has 0 bridgehead atoms. The second-order valence-corrected chi connectivity index (χ2v) is 3.63. The van der Waals surface area contributed by atoms with E-state index in [1.54, 1.807) is 4.90 Å². The summed E-state index contributed by atoms with van der Waals surface area (Å²) < 4.78 is 17.7. The van der Waals surface area contributed by atoms with E-state index in [1.807, 2.05) is 0 Å². The number of aromatic carboxylic acids is 1. The highest BCUT2D eigenvalue weighted by atomic mass is 19.1. The molecule has 2 heterocycles. The van der Waals surface area contributed by atoms with Crippen molar-refractivity contribution >= 4 is 11.8 Å². The Morgan fingerprint density at radius 3 is 3.06 bits per heavy atom. The lowest BCUT2D eigenvalue weighted by molar-refractivity contribution is 0.0243. The number of ether oxygens (including phenoxy) is 1. The summed E-state index contributed by atoms with van der Waals surface area (Å²) in [6, 6.07) is 0. The first-order chi connectivity index (χ1) is 8.22. The summed E-state index contributed by atoms with van der Waals surface area (Å²) in [7, 11) is 0. The van der Waals surface area contributed by atoms with Crippen molar-refractivity contribution in [3.8, 4) is 0 Å². The molecule has 0 spiro atoms. The quantitative estimate of drug-likeness (QED) is 0.823. The molecule has 17 heavy (non-hydrogen) atoms. The fraction of sp³-hybridized carbons (Fsp3) is 0.500. The number of nitrogens with zero attached hydrogens (tertiary/aromatic N) is 3. The molecule has 0 saturated carbocycles. The van der Waals surface area contributed by atoms with Crippen LogP contribution < -0.4 is 4.90 Å². The van der Waals surface area contributed by atoms with Gasteiger partial charge in [0, 0.05) is 25.5 Å². The molecule has 1 N–H and O–H groups in total. The molecule has 0 aliphatic carbocycles. The molecule has 1 saturated heterocycles. The second-order valence-electron chi connectivity index (χ2n) is 3.63. The first-order valence-corrected chi connectivity index (χ1v) is 5.19. The highest BCUT2D eigenvalue weighted by molar-refractivity contribution is 5.90. The van der Waals surface area contributed by atoms with Crippen molar-refractivity contribution in [2.45, 2.75) is 6.10 Å². The molecule has 0 radical (unpaired) electrons. The monoisotopic (exact) mass is 241 g/mol. The van der Waals surface area contributed by atoms with Gasteiger partial charge in [0.2, 0.25) is 0 Å². The van der Waals surface area contributed by atoms with Crippen molar-refractivity contribution < 1.29 is 19.0 Å².